The predicted molar refractivity (Wildman–Crippen MR) is 89.4 cm³/mol. The van der Waals surface area contributed by atoms with E-state index in [1.165, 1.54) is 15.2 Å². The van der Waals surface area contributed by atoms with Gasteiger partial charge in [0.25, 0.3) is 10.0 Å². The Hall–Kier alpha value is -1.64. The number of sulfonamides is 1. The van der Waals surface area contributed by atoms with E-state index in [0.717, 1.165) is 12.8 Å². The molecule has 9 heteroatoms. The van der Waals surface area contributed by atoms with Crippen molar-refractivity contribution in [3.63, 3.8) is 0 Å². The zero-order valence-electron chi connectivity index (χ0n) is 13.3. The number of rotatable bonds is 5. The predicted octanol–water partition coefficient (Wildman–Crippen LogP) is 1.95. The Morgan fingerprint density at radius 2 is 2.17 bits per heavy atom. The van der Waals surface area contributed by atoms with Crippen molar-refractivity contribution < 1.29 is 13.2 Å². The minimum absolute atomic E-state index is 0.107. The number of benzene rings is 1. The Bertz CT molecular complexity index is 809. The third-order valence-corrected chi connectivity index (χ3v) is 6.29. The Labute approximate surface area is 146 Å². The summed E-state index contributed by atoms with van der Waals surface area (Å²) in [6.45, 7) is 1.34. The van der Waals surface area contributed by atoms with E-state index < -0.39 is 10.0 Å². The first kappa shape index (κ1) is 17.2. The molecule has 130 valence electrons. The van der Waals surface area contributed by atoms with E-state index in [0.29, 0.717) is 30.5 Å². The van der Waals surface area contributed by atoms with Gasteiger partial charge in [-0.1, -0.05) is 28.9 Å². The van der Waals surface area contributed by atoms with Crippen LogP contribution in [0.3, 0.4) is 0 Å². The van der Waals surface area contributed by atoms with E-state index in [4.69, 9.17) is 16.3 Å². The normalized spacial score (nSPS) is 19.3. The van der Waals surface area contributed by atoms with Crippen molar-refractivity contribution in [3.8, 4) is 5.75 Å². The highest BCUT2D eigenvalue weighted by Crippen LogP contribution is 2.27. The first-order chi connectivity index (χ1) is 11.5. The number of piperidine rings is 1. The molecule has 0 radical (unpaired) electrons. The fourth-order valence-corrected chi connectivity index (χ4v) is 4.58. The fraction of sp³-hybridized carbons (Fsp3) is 0.467. The molecule has 1 fully saturated rings. The van der Waals surface area contributed by atoms with Gasteiger partial charge in [0, 0.05) is 26.1 Å². The number of aryl methyl sites for hydroxylation is 1. The summed E-state index contributed by atoms with van der Waals surface area (Å²) in [7, 11) is -2.01. The zero-order valence-corrected chi connectivity index (χ0v) is 14.9. The second kappa shape index (κ2) is 7.08. The first-order valence-electron chi connectivity index (χ1n) is 7.70. The van der Waals surface area contributed by atoms with Crippen LogP contribution in [0.15, 0.2) is 35.5 Å². The lowest BCUT2D eigenvalue weighted by Crippen LogP contribution is -2.42. The molecule has 3 rings (SSSR count). The molecule has 1 aromatic heterocycles. The van der Waals surface area contributed by atoms with Gasteiger partial charge in [-0.3, -0.25) is 0 Å². The van der Waals surface area contributed by atoms with Crippen LogP contribution in [0.1, 0.15) is 12.8 Å². The summed E-state index contributed by atoms with van der Waals surface area (Å²) in [5.74, 6) is 0.737. The van der Waals surface area contributed by atoms with Gasteiger partial charge in [0.1, 0.15) is 5.75 Å². The van der Waals surface area contributed by atoms with Crippen LogP contribution in [-0.4, -0.2) is 47.4 Å². The van der Waals surface area contributed by atoms with Crippen LogP contribution in [0.2, 0.25) is 5.02 Å². The maximum absolute atomic E-state index is 12.7. The van der Waals surface area contributed by atoms with E-state index in [9.17, 15) is 8.42 Å². The van der Waals surface area contributed by atoms with E-state index in [1.54, 1.807) is 19.2 Å². The average molecular weight is 371 g/mol. The first-order valence-corrected chi connectivity index (χ1v) is 9.52. The molecule has 24 heavy (non-hydrogen) atoms. The highest BCUT2D eigenvalue weighted by Gasteiger charge is 2.32. The molecule has 0 saturated carbocycles. The summed E-state index contributed by atoms with van der Waals surface area (Å²) in [5.41, 5.74) is 0. The maximum atomic E-state index is 12.7. The van der Waals surface area contributed by atoms with Crippen molar-refractivity contribution in [3.05, 3.63) is 35.5 Å². The third-order valence-electron chi connectivity index (χ3n) is 4.07. The number of halogens is 1. The highest BCUT2D eigenvalue weighted by molar-refractivity contribution is 7.89. The summed E-state index contributed by atoms with van der Waals surface area (Å²) >= 11 is 6.08. The number of ether oxygens (including phenoxy) is 1. The standard InChI is InChI=1S/C15H19ClN4O3S/c1-19-15(9-17-18-19)24(21,22)20-8-4-5-12(10-20)11-23-14-7-3-2-6-13(14)16/h2-3,6-7,9,12H,4-5,8,10-11H2,1H3. The number of hydrogen-bond acceptors (Lipinski definition) is 5. The summed E-state index contributed by atoms with van der Waals surface area (Å²) in [6.07, 6.45) is 2.99. The molecule has 0 bridgehead atoms. The number of nitrogens with zero attached hydrogens (tertiary/aromatic N) is 4. The minimum Gasteiger partial charge on any atom is -0.492 e. The van der Waals surface area contributed by atoms with Gasteiger partial charge in [-0.05, 0) is 25.0 Å². The third kappa shape index (κ3) is 3.55. The van der Waals surface area contributed by atoms with Gasteiger partial charge in [-0.15, -0.1) is 5.10 Å². The van der Waals surface area contributed by atoms with Gasteiger partial charge >= 0.3 is 0 Å². The molecule has 1 aliphatic rings. The van der Waals surface area contributed by atoms with E-state index in [2.05, 4.69) is 10.3 Å². The zero-order chi connectivity index (χ0) is 17.2. The van der Waals surface area contributed by atoms with Crippen LogP contribution in [-0.2, 0) is 17.1 Å². The maximum Gasteiger partial charge on any atom is 0.261 e. The van der Waals surface area contributed by atoms with Crippen molar-refractivity contribution in [2.45, 2.75) is 17.9 Å². The van der Waals surface area contributed by atoms with Crippen LogP contribution in [0.25, 0.3) is 0 Å². The monoisotopic (exact) mass is 370 g/mol. The van der Waals surface area contributed by atoms with Crippen LogP contribution in [0.4, 0.5) is 0 Å². The second-order valence-electron chi connectivity index (χ2n) is 5.81. The van der Waals surface area contributed by atoms with E-state index in [1.807, 2.05) is 12.1 Å². The van der Waals surface area contributed by atoms with Crippen molar-refractivity contribution in [2.24, 2.45) is 13.0 Å². The lowest BCUT2D eigenvalue weighted by molar-refractivity contribution is 0.180. The number of hydrogen-bond donors (Lipinski definition) is 0. The molecule has 0 aliphatic carbocycles. The smallest absolute Gasteiger partial charge is 0.261 e. The molecular formula is C15H19ClN4O3S. The molecule has 2 aromatic rings. The number of aromatic nitrogens is 3. The summed E-state index contributed by atoms with van der Waals surface area (Å²) in [5, 5.41) is 8.02. The van der Waals surface area contributed by atoms with Crippen LogP contribution >= 0.6 is 11.6 Å². The highest BCUT2D eigenvalue weighted by atomic mass is 35.5. The van der Waals surface area contributed by atoms with Crippen molar-refractivity contribution in [1.82, 2.24) is 19.3 Å². The van der Waals surface area contributed by atoms with Gasteiger partial charge in [0.05, 0.1) is 17.8 Å². The van der Waals surface area contributed by atoms with Gasteiger partial charge < -0.3 is 4.74 Å². The molecular weight excluding hydrogens is 352 g/mol. The Morgan fingerprint density at radius 1 is 1.38 bits per heavy atom. The minimum atomic E-state index is -3.58. The molecule has 1 saturated heterocycles. The summed E-state index contributed by atoms with van der Waals surface area (Å²) in [4.78, 5) is 0. The quantitative estimate of drug-likeness (QED) is 0.803. The molecule has 0 spiro atoms. The molecule has 1 aromatic carbocycles. The fourth-order valence-electron chi connectivity index (χ4n) is 2.80. The molecule has 2 heterocycles. The lowest BCUT2D eigenvalue weighted by Gasteiger charge is -2.31. The molecule has 0 N–H and O–H groups in total. The van der Waals surface area contributed by atoms with Crippen LogP contribution in [0, 0.1) is 5.92 Å². The average Bonchev–Trinajstić information content (AvgIpc) is 3.01. The van der Waals surface area contributed by atoms with E-state index >= 15 is 0 Å². The largest absolute Gasteiger partial charge is 0.492 e. The van der Waals surface area contributed by atoms with Crippen LogP contribution < -0.4 is 4.74 Å². The lowest BCUT2D eigenvalue weighted by atomic mass is 10.0. The summed E-state index contributed by atoms with van der Waals surface area (Å²) < 4.78 is 33.9. The molecule has 0 amide bonds. The molecule has 7 nitrogen and oxygen atoms in total. The Kier molecular flexibility index (Phi) is 5.07. The Morgan fingerprint density at radius 3 is 2.88 bits per heavy atom. The van der Waals surface area contributed by atoms with Crippen LogP contribution in [0.5, 0.6) is 5.75 Å². The number of para-hydroxylation sites is 1. The molecule has 1 aliphatic heterocycles. The summed E-state index contributed by atoms with van der Waals surface area (Å²) in [6, 6.07) is 7.27. The van der Waals surface area contributed by atoms with Gasteiger partial charge in [-0.2, -0.15) is 4.31 Å². The topological polar surface area (TPSA) is 77.3 Å². The molecule has 1 atom stereocenters. The SMILES string of the molecule is Cn1nncc1S(=O)(=O)N1CCCC(COc2ccccc2Cl)C1. The van der Waals surface area contributed by atoms with Gasteiger partial charge in [-0.25, -0.2) is 13.1 Å². The Balaban J connectivity index is 1.66. The van der Waals surface area contributed by atoms with Gasteiger partial charge in [0.2, 0.25) is 0 Å². The molecule has 1 unspecified atom stereocenters. The second-order valence-corrected chi connectivity index (χ2v) is 8.10. The van der Waals surface area contributed by atoms with Crippen molar-refractivity contribution >= 4 is 21.6 Å². The van der Waals surface area contributed by atoms with Crippen molar-refractivity contribution in [1.29, 1.82) is 0 Å². The van der Waals surface area contributed by atoms with Crippen molar-refractivity contribution in [2.75, 3.05) is 19.7 Å². The van der Waals surface area contributed by atoms with E-state index in [-0.39, 0.29) is 10.9 Å². The van der Waals surface area contributed by atoms with Gasteiger partial charge in [0.15, 0.2) is 5.03 Å².